The van der Waals surface area contributed by atoms with E-state index < -0.39 is 0 Å². The largest absolute Gasteiger partial charge is 0.394 e. The minimum Gasteiger partial charge on any atom is -0.394 e. The SMILES string of the molecule is CCCNC(C)(CO)CSCCCOC. The van der Waals surface area contributed by atoms with E-state index in [0.717, 1.165) is 37.5 Å². The minimum atomic E-state index is -0.131. The third-order valence-corrected chi connectivity index (χ3v) is 3.63. The highest BCUT2D eigenvalue weighted by Gasteiger charge is 2.21. The third-order valence-electron chi connectivity index (χ3n) is 2.21. The summed E-state index contributed by atoms with van der Waals surface area (Å²) in [5.41, 5.74) is -0.131. The molecule has 3 nitrogen and oxygen atoms in total. The van der Waals surface area contributed by atoms with Gasteiger partial charge >= 0.3 is 0 Å². The number of nitrogens with one attached hydrogen (secondary N) is 1. The molecule has 0 aliphatic rings. The van der Waals surface area contributed by atoms with Gasteiger partial charge in [-0.3, -0.25) is 0 Å². The van der Waals surface area contributed by atoms with Crippen molar-refractivity contribution in [2.75, 3.05) is 38.4 Å². The second-order valence-electron chi connectivity index (χ2n) is 4.04. The number of ether oxygens (including phenoxy) is 1. The lowest BCUT2D eigenvalue weighted by Gasteiger charge is -2.28. The van der Waals surface area contributed by atoms with E-state index in [-0.39, 0.29) is 12.1 Å². The van der Waals surface area contributed by atoms with Crippen LogP contribution in [0.1, 0.15) is 26.7 Å². The van der Waals surface area contributed by atoms with Gasteiger partial charge < -0.3 is 15.2 Å². The molecule has 0 bridgehead atoms. The van der Waals surface area contributed by atoms with Gasteiger partial charge in [-0.05, 0) is 32.1 Å². The molecule has 0 saturated heterocycles. The summed E-state index contributed by atoms with van der Waals surface area (Å²) in [5, 5.41) is 12.7. The highest BCUT2D eigenvalue weighted by Crippen LogP contribution is 2.13. The monoisotopic (exact) mass is 235 g/mol. The van der Waals surface area contributed by atoms with Crippen molar-refractivity contribution in [3.8, 4) is 0 Å². The first kappa shape index (κ1) is 15.2. The standard InChI is InChI=1S/C11H25NO2S/c1-4-6-12-11(2,9-13)10-15-8-5-7-14-3/h12-13H,4-10H2,1-3H3. The lowest BCUT2D eigenvalue weighted by atomic mass is 10.1. The highest BCUT2D eigenvalue weighted by molar-refractivity contribution is 7.99. The first-order chi connectivity index (χ1) is 7.18. The van der Waals surface area contributed by atoms with Crippen LogP contribution in [0.5, 0.6) is 0 Å². The van der Waals surface area contributed by atoms with Gasteiger partial charge in [0.2, 0.25) is 0 Å². The van der Waals surface area contributed by atoms with Crippen molar-refractivity contribution in [3.63, 3.8) is 0 Å². The maximum Gasteiger partial charge on any atom is 0.0618 e. The summed E-state index contributed by atoms with van der Waals surface area (Å²) >= 11 is 1.87. The first-order valence-corrected chi connectivity index (χ1v) is 6.76. The zero-order chi connectivity index (χ0) is 11.6. The van der Waals surface area contributed by atoms with Gasteiger partial charge in [0, 0.05) is 25.0 Å². The van der Waals surface area contributed by atoms with Crippen LogP contribution in [-0.2, 0) is 4.74 Å². The van der Waals surface area contributed by atoms with Gasteiger partial charge in [0.05, 0.1) is 6.61 Å². The molecule has 0 aliphatic heterocycles. The lowest BCUT2D eigenvalue weighted by Crippen LogP contribution is -2.48. The second kappa shape index (κ2) is 9.46. The second-order valence-corrected chi connectivity index (χ2v) is 5.15. The summed E-state index contributed by atoms with van der Waals surface area (Å²) in [6.45, 7) is 6.20. The van der Waals surface area contributed by atoms with Gasteiger partial charge in [0.25, 0.3) is 0 Å². The molecule has 0 spiro atoms. The van der Waals surface area contributed by atoms with Crippen molar-refractivity contribution in [3.05, 3.63) is 0 Å². The van der Waals surface area contributed by atoms with Crippen LogP contribution in [0.2, 0.25) is 0 Å². The predicted molar refractivity (Wildman–Crippen MR) is 67.6 cm³/mol. The van der Waals surface area contributed by atoms with E-state index in [1.807, 2.05) is 11.8 Å². The average Bonchev–Trinajstić information content (AvgIpc) is 2.26. The van der Waals surface area contributed by atoms with Gasteiger partial charge in [-0.1, -0.05) is 6.92 Å². The smallest absolute Gasteiger partial charge is 0.0618 e. The zero-order valence-electron chi connectivity index (χ0n) is 10.2. The summed E-state index contributed by atoms with van der Waals surface area (Å²) in [5.74, 6) is 2.05. The van der Waals surface area contributed by atoms with Crippen molar-refractivity contribution >= 4 is 11.8 Å². The van der Waals surface area contributed by atoms with E-state index in [0.29, 0.717) is 0 Å². The summed E-state index contributed by atoms with van der Waals surface area (Å²) in [6, 6.07) is 0. The molecule has 0 aliphatic carbocycles. The Bertz CT molecular complexity index is 147. The van der Waals surface area contributed by atoms with Gasteiger partial charge in [0.1, 0.15) is 0 Å². The molecule has 2 N–H and O–H groups in total. The predicted octanol–water partition coefficient (Wildman–Crippen LogP) is 1.51. The molecule has 4 heteroatoms. The number of aliphatic hydroxyl groups is 1. The van der Waals surface area contributed by atoms with E-state index >= 15 is 0 Å². The maximum atomic E-state index is 9.31. The van der Waals surface area contributed by atoms with Crippen molar-refractivity contribution < 1.29 is 9.84 Å². The van der Waals surface area contributed by atoms with Crippen LogP contribution < -0.4 is 5.32 Å². The number of rotatable bonds is 10. The summed E-state index contributed by atoms with van der Waals surface area (Å²) in [6.07, 6.45) is 2.18. The summed E-state index contributed by atoms with van der Waals surface area (Å²) < 4.78 is 4.99. The highest BCUT2D eigenvalue weighted by atomic mass is 32.2. The van der Waals surface area contributed by atoms with E-state index in [2.05, 4.69) is 19.2 Å². The normalized spacial score (nSPS) is 15.2. The first-order valence-electron chi connectivity index (χ1n) is 5.61. The molecule has 1 atom stereocenters. The Kier molecular flexibility index (Phi) is 9.60. The van der Waals surface area contributed by atoms with Crippen LogP contribution in [-0.4, -0.2) is 49.0 Å². The molecule has 15 heavy (non-hydrogen) atoms. The zero-order valence-corrected chi connectivity index (χ0v) is 11.0. The van der Waals surface area contributed by atoms with Crippen LogP contribution in [0, 0.1) is 0 Å². The lowest BCUT2D eigenvalue weighted by molar-refractivity contribution is 0.192. The minimum absolute atomic E-state index is 0.131. The molecule has 92 valence electrons. The fourth-order valence-electron chi connectivity index (χ4n) is 1.18. The summed E-state index contributed by atoms with van der Waals surface area (Å²) in [7, 11) is 1.73. The Labute approximate surface area is 98.0 Å². The molecule has 0 fully saturated rings. The molecule has 0 amide bonds. The van der Waals surface area contributed by atoms with Crippen LogP contribution in [0.25, 0.3) is 0 Å². The van der Waals surface area contributed by atoms with Gasteiger partial charge in [-0.15, -0.1) is 0 Å². The Morgan fingerprint density at radius 3 is 2.73 bits per heavy atom. The molecule has 0 aromatic heterocycles. The number of hydrogen-bond donors (Lipinski definition) is 2. The molecule has 1 unspecified atom stereocenters. The van der Waals surface area contributed by atoms with Crippen molar-refractivity contribution in [1.29, 1.82) is 0 Å². The van der Waals surface area contributed by atoms with E-state index in [1.54, 1.807) is 7.11 Å². The number of methoxy groups -OCH3 is 1. The molecular weight excluding hydrogens is 210 g/mol. The van der Waals surface area contributed by atoms with Gasteiger partial charge in [-0.25, -0.2) is 0 Å². The average molecular weight is 235 g/mol. The Morgan fingerprint density at radius 1 is 1.47 bits per heavy atom. The fourth-order valence-corrected chi connectivity index (χ4v) is 2.29. The van der Waals surface area contributed by atoms with Crippen molar-refractivity contribution in [2.24, 2.45) is 0 Å². The van der Waals surface area contributed by atoms with Crippen LogP contribution in [0.3, 0.4) is 0 Å². The summed E-state index contributed by atoms with van der Waals surface area (Å²) in [4.78, 5) is 0. The molecule has 0 radical (unpaired) electrons. The number of aliphatic hydroxyl groups excluding tert-OH is 1. The molecule has 0 saturated carbocycles. The van der Waals surface area contributed by atoms with Crippen LogP contribution in [0.4, 0.5) is 0 Å². The van der Waals surface area contributed by atoms with Crippen molar-refractivity contribution in [1.82, 2.24) is 5.32 Å². The molecule has 0 aromatic rings. The molecule has 0 rings (SSSR count). The fraction of sp³-hybridized carbons (Fsp3) is 1.00. The Morgan fingerprint density at radius 2 is 2.20 bits per heavy atom. The number of hydrogen-bond acceptors (Lipinski definition) is 4. The third kappa shape index (κ3) is 8.08. The Balaban J connectivity index is 3.58. The molecule has 0 aromatic carbocycles. The molecular formula is C11H25NO2S. The number of thioether (sulfide) groups is 1. The topological polar surface area (TPSA) is 41.5 Å². The van der Waals surface area contributed by atoms with E-state index in [9.17, 15) is 5.11 Å². The van der Waals surface area contributed by atoms with Gasteiger partial charge in [-0.2, -0.15) is 11.8 Å². The van der Waals surface area contributed by atoms with E-state index in [1.165, 1.54) is 0 Å². The van der Waals surface area contributed by atoms with Crippen LogP contribution >= 0.6 is 11.8 Å². The van der Waals surface area contributed by atoms with Gasteiger partial charge in [0.15, 0.2) is 0 Å². The Hall–Kier alpha value is 0.230. The molecule has 0 heterocycles. The maximum absolute atomic E-state index is 9.31. The van der Waals surface area contributed by atoms with E-state index in [4.69, 9.17) is 4.74 Å². The van der Waals surface area contributed by atoms with Crippen molar-refractivity contribution in [2.45, 2.75) is 32.2 Å². The quantitative estimate of drug-likeness (QED) is 0.563. The van der Waals surface area contributed by atoms with Crippen LogP contribution in [0.15, 0.2) is 0 Å².